The second kappa shape index (κ2) is 2.78. The van der Waals surface area contributed by atoms with Crippen LogP contribution in [0.1, 0.15) is 40.5 Å². The summed E-state index contributed by atoms with van der Waals surface area (Å²) < 4.78 is 0. The largest absolute Gasteiger partial charge is 0.393 e. The normalized spacial score (nSPS) is 39.5. The van der Waals surface area contributed by atoms with Crippen LogP contribution in [0.2, 0.25) is 0 Å². The summed E-state index contributed by atoms with van der Waals surface area (Å²) in [7, 11) is 0. The summed E-state index contributed by atoms with van der Waals surface area (Å²) in [4.78, 5) is 0. The van der Waals surface area contributed by atoms with Crippen molar-refractivity contribution >= 4 is 0 Å². The summed E-state index contributed by atoms with van der Waals surface area (Å²) in [5.41, 5.74) is 0.381. The SMILES string of the molecule is C[C@@H]1C[C@H](C(C)(C)C)C[C@H]1O. The Morgan fingerprint density at radius 2 is 1.73 bits per heavy atom. The molecule has 0 radical (unpaired) electrons. The Hall–Kier alpha value is -0.0400. The Morgan fingerprint density at radius 3 is 1.91 bits per heavy atom. The monoisotopic (exact) mass is 156 g/mol. The molecule has 11 heavy (non-hydrogen) atoms. The molecule has 0 heterocycles. The summed E-state index contributed by atoms with van der Waals surface area (Å²) in [6.07, 6.45) is 2.16. The van der Waals surface area contributed by atoms with E-state index in [-0.39, 0.29) is 6.10 Å². The van der Waals surface area contributed by atoms with Crippen LogP contribution in [0.4, 0.5) is 0 Å². The zero-order valence-corrected chi connectivity index (χ0v) is 8.09. The number of rotatable bonds is 0. The fourth-order valence-corrected chi connectivity index (χ4v) is 1.93. The molecule has 0 unspecified atom stereocenters. The van der Waals surface area contributed by atoms with Gasteiger partial charge in [0.15, 0.2) is 0 Å². The average molecular weight is 156 g/mol. The third-order valence-corrected chi connectivity index (χ3v) is 3.06. The van der Waals surface area contributed by atoms with Crippen LogP contribution in [0.25, 0.3) is 0 Å². The number of hydrogen-bond donors (Lipinski definition) is 1. The van der Waals surface area contributed by atoms with Crippen molar-refractivity contribution in [3.63, 3.8) is 0 Å². The molecule has 0 saturated heterocycles. The molecule has 1 N–H and O–H groups in total. The van der Waals surface area contributed by atoms with Gasteiger partial charge in [0.2, 0.25) is 0 Å². The maximum absolute atomic E-state index is 9.53. The van der Waals surface area contributed by atoms with E-state index < -0.39 is 0 Å². The minimum Gasteiger partial charge on any atom is -0.393 e. The number of aliphatic hydroxyl groups is 1. The Kier molecular flexibility index (Phi) is 2.29. The molecular weight excluding hydrogens is 136 g/mol. The third kappa shape index (κ3) is 1.96. The molecule has 0 aromatic rings. The molecule has 0 spiro atoms. The van der Waals surface area contributed by atoms with Crippen molar-refractivity contribution < 1.29 is 5.11 Å². The zero-order chi connectivity index (χ0) is 8.65. The molecule has 3 atom stereocenters. The van der Waals surface area contributed by atoms with Gasteiger partial charge in [-0.15, -0.1) is 0 Å². The second-order valence-corrected chi connectivity index (χ2v) is 5.08. The van der Waals surface area contributed by atoms with Gasteiger partial charge in [0.1, 0.15) is 0 Å². The minimum atomic E-state index is -0.0424. The van der Waals surface area contributed by atoms with E-state index in [1.807, 2.05) is 0 Å². The maximum Gasteiger partial charge on any atom is 0.0568 e. The molecule has 0 aromatic carbocycles. The van der Waals surface area contributed by atoms with Crippen LogP contribution in [-0.2, 0) is 0 Å². The quantitative estimate of drug-likeness (QED) is 0.571. The predicted octanol–water partition coefficient (Wildman–Crippen LogP) is 2.44. The molecule has 1 rings (SSSR count). The highest BCUT2D eigenvalue weighted by molar-refractivity contribution is 4.86. The molecule has 0 aliphatic heterocycles. The molecule has 1 aliphatic carbocycles. The Morgan fingerprint density at radius 1 is 1.18 bits per heavy atom. The molecule has 1 aliphatic rings. The van der Waals surface area contributed by atoms with E-state index >= 15 is 0 Å². The Balaban J connectivity index is 2.54. The van der Waals surface area contributed by atoms with E-state index in [1.165, 1.54) is 6.42 Å². The highest BCUT2D eigenvalue weighted by Gasteiger charge is 2.36. The second-order valence-electron chi connectivity index (χ2n) is 5.08. The van der Waals surface area contributed by atoms with Gasteiger partial charge in [0, 0.05) is 0 Å². The van der Waals surface area contributed by atoms with Crippen LogP contribution in [0.15, 0.2) is 0 Å². The minimum absolute atomic E-state index is 0.0424. The molecule has 1 saturated carbocycles. The summed E-state index contributed by atoms with van der Waals surface area (Å²) >= 11 is 0. The van der Waals surface area contributed by atoms with Crippen molar-refractivity contribution in [3.8, 4) is 0 Å². The van der Waals surface area contributed by atoms with Gasteiger partial charge in [-0.1, -0.05) is 27.7 Å². The fourth-order valence-electron chi connectivity index (χ4n) is 1.93. The smallest absolute Gasteiger partial charge is 0.0568 e. The Bertz CT molecular complexity index is 124. The number of hydrogen-bond acceptors (Lipinski definition) is 1. The van der Waals surface area contributed by atoms with Gasteiger partial charge in [0.05, 0.1) is 6.10 Å². The van der Waals surface area contributed by atoms with Crippen molar-refractivity contribution in [1.29, 1.82) is 0 Å². The van der Waals surface area contributed by atoms with Gasteiger partial charge in [-0.3, -0.25) is 0 Å². The lowest BCUT2D eigenvalue weighted by molar-refractivity contribution is 0.132. The first-order valence-corrected chi connectivity index (χ1v) is 4.59. The standard InChI is InChI=1S/C10H20O/c1-7-5-8(6-9(7)11)10(2,3)4/h7-9,11H,5-6H2,1-4H3/t7-,8+,9-/m1/s1. The Labute approximate surface area is 69.8 Å². The molecule has 66 valence electrons. The first-order chi connectivity index (χ1) is 4.91. The highest BCUT2D eigenvalue weighted by Crippen LogP contribution is 2.41. The van der Waals surface area contributed by atoms with Crippen LogP contribution in [0, 0.1) is 17.3 Å². The molecule has 1 nitrogen and oxygen atoms in total. The fraction of sp³-hybridized carbons (Fsp3) is 1.00. The molecule has 1 heteroatoms. The first-order valence-electron chi connectivity index (χ1n) is 4.59. The predicted molar refractivity (Wildman–Crippen MR) is 47.3 cm³/mol. The lowest BCUT2D eigenvalue weighted by Crippen LogP contribution is -2.18. The number of aliphatic hydroxyl groups excluding tert-OH is 1. The summed E-state index contributed by atoms with van der Waals surface area (Å²) in [6, 6.07) is 0. The van der Waals surface area contributed by atoms with Gasteiger partial charge >= 0.3 is 0 Å². The van der Waals surface area contributed by atoms with E-state index in [2.05, 4.69) is 27.7 Å². The van der Waals surface area contributed by atoms with Gasteiger partial charge in [0.25, 0.3) is 0 Å². The van der Waals surface area contributed by atoms with E-state index in [4.69, 9.17) is 0 Å². The van der Waals surface area contributed by atoms with Crippen molar-refractivity contribution in [2.24, 2.45) is 17.3 Å². The van der Waals surface area contributed by atoms with Crippen LogP contribution in [-0.4, -0.2) is 11.2 Å². The van der Waals surface area contributed by atoms with Crippen molar-refractivity contribution in [2.75, 3.05) is 0 Å². The highest BCUT2D eigenvalue weighted by atomic mass is 16.3. The lowest BCUT2D eigenvalue weighted by atomic mass is 9.79. The molecule has 0 aromatic heterocycles. The van der Waals surface area contributed by atoms with Gasteiger partial charge in [-0.25, -0.2) is 0 Å². The summed E-state index contributed by atoms with van der Waals surface area (Å²) in [5, 5.41) is 9.53. The lowest BCUT2D eigenvalue weighted by Gasteiger charge is -2.26. The van der Waals surface area contributed by atoms with Crippen LogP contribution >= 0.6 is 0 Å². The molecule has 1 fully saturated rings. The van der Waals surface area contributed by atoms with Gasteiger partial charge < -0.3 is 5.11 Å². The van der Waals surface area contributed by atoms with Crippen molar-refractivity contribution in [2.45, 2.75) is 46.6 Å². The zero-order valence-electron chi connectivity index (χ0n) is 8.09. The van der Waals surface area contributed by atoms with E-state index in [9.17, 15) is 5.11 Å². The average Bonchev–Trinajstić information content (AvgIpc) is 2.11. The van der Waals surface area contributed by atoms with E-state index in [0.717, 1.165) is 6.42 Å². The van der Waals surface area contributed by atoms with Crippen molar-refractivity contribution in [3.05, 3.63) is 0 Å². The summed E-state index contributed by atoms with van der Waals surface area (Å²) in [6.45, 7) is 8.95. The van der Waals surface area contributed by atoms with Gasteiger partial charge in [-0.05, 0) is 30.1 Å². The molecule has 0 amide bonds. The van der Waals surface area contributed by atoms with E-state index in [1.54, 1.807) is 0 Å². The van der Waals surface area contributed by atoms with E-state index in [0.29, 0.717) is 17.3 Å². The summed E-state index contributed by atoms with van der Waals surface area (Å²) in [5.74, 6) is 1.23. The topological polar surface area (TPSA) is 20.2 Å². The van der Waals surface area contributed by atoms with Crippen LogP contribution < -0.4 is 0 Å². The molecular formula is C10H20O. The van der Waals surface area contributed by atoms with Gasteiger partial charge in [-0.2, -0.15) is 0 Å². The molecule has 0 bridgehead atoms. The third-order valence-electron chi connectivity index (χ3n) is 3.06. The van der Waals surface area contributed by atoms with Crippen LogP contribution in [0.3, 0.4) is 0 Å². The maximum atomic E-state index is 9.53. The first kappa shape index (κ1) is 9.05. The van der Waals surface area contributed by atoms with Crippen molar-refractivity contribution in [1.82, 2.24) is 0 Å². The van der Waals surface area contributed by atoms with Crippen LogP contribution in [0.5, 0.6) is 0 Å².